The number of hydrogen-bond donors (Lipinski definition) is 1. The minimum absolute atomic E-state index is 0.00357. The predicted octanol–water partition coefficient (Wildman–Crippen LogP) is 1.65. The summed E-state index contributed by atoms with van der Waals surface area (Å²) < 4.78 is 5.05. The van der Waals surface area contributed by atoms with Crippen molar-refractivity contribution >= 4 is 5.97 Å². The summed E-state index contributed by atoms with van der Waals surface area (Å²) in [6.07, 6.45) is 7.45. The minimum atomic E-state index is -0.00357. The number of ether oxygens (including phenoxy) is 1. The van der Waals surface area contributed by atoms with E-state index in [1.54, 1.807) is 0 Å². The van der Waals surface area contributed by atoms with Crippen molar-refractivity contribution in [2.24, 2.45) is 11.8 Å². The first-order valence-electron chi connectivity index (χ1n) is 7.82. The molecule has 0 spiro atoms. The smallest absolute Gasteiger partial charge is 0.310 e. The second-order valence-electron chi connectivity index (χ2n) is 5.93. The highest BCUT2D eigenvalue weighted by Gasteiger charge is 2.31. The molecule has 0 amide bonds. The molecule has 0 aromatic carbocycles. The lowest BCUT2D eigenvalue weighted by molar-refractivity contribution is -0.148. The number of nitrogens with one attached hydrogen (secondary N) is 1. The molecular formula is C15H28N2O2. The van der Waals surface area contributed by atoms with Crippen LogP contribution in [0.3, 0.4) is 0 Å². The summed E-state index contributed by atoms with van der Waals surface area (Å²) in [7, 11) is 1.53. The van der Waals surface area contributed by atoms with Crippen LogP contribution >= 0.6 is 0 Å². The van der Waals surface area contributed by atoms with Gasteiger partial charge in [0.25, 0.3) is 0 Å². The van der Waals surface area contributed by atoms with Crippen LogP contribution in [0.15, 0.2) is 0 Å². The van der Waals surface area contributed by atoms with Crippen molar-refractivity contribution in [1.82, 2.24) is 10.2 Å². The molecule has 110 valence electrons. The summed E-state index contributed by atoms with van der Waals surface area (Å²) >= 11 is 0. The van der Waals surface area contributed by atoms with Crippen molar-refractivity contribution in [2.45, 2.75) is 38.5 Å². The zero-order valence-corrected chi connectivity index (χ0v) is 12.2. The van der Waals surface area contributed by atoms with Crippen LogP contribution < -0.4 is 5.32 Å². The van der Waals surface area contributed by atoms with E-state index in [2.05, 4.69) is 10.2 Å². The first-order valence-corrected chi connectivity index (χ1v) is 7.82. The molecule has 1 N–H and O–H groups in total. The van der Waals surface area contributed by atoms with Gasteiger partial charge in [-0.25, -0.2) is 0 Å². The third-order valence-corrected chi connectivity index (χ3v) is 4.61. The second kappa shape index (κ2) is 7.85. The Bertz CT molecular complexity index is 269. The summed E-state index contributed by atoms with van der Waals surface area (Å²) in [6, 6.07) is 0. The van der Waals surface area contributed by atoms with Gasteiger partial charge in [-0.2, -0.15) is 0 Å². The number of esters is 1. The van der Waals surface area contributed by atoms with Crippen molar-refractivity contribution in [3.8, 4) is 0 Å². The SMILES string of the molecule is COC(=O)C(CN1CCCCCC1)C1CCNCC1. The van der Waals surface area contributed by atoms with E-state index >= 15 is 0 Å². The van der Waals surface area contributed by atoms with E-state index in [9.17, 15) is 4.79 Å². The Morgan fingerprint density at radius 2 is 1.84 bits per heavy atom. The van der Waals surface area contributed by atoms with Gasteiger partial charge in [0.2, 0.25) is 0 Å². The van der Waals surface area contributed by atoms with Gasteiger partial charge in [0.15, 0.2) is 0 Å². The van der Waals surface area contributed by atoms with Crippen molar-refractivity contribution < 1.29 is 9.53 Å². The lowest BCUT2D eigenvalue weighted by Crippen LogP contribution is -2.42. The van der Waals surface area contributed by atoms with E-state index in [0.717, 1.165) is 45.6 Å². The number of rotatable bonds is 4. The number of piperidine rings is 1. The lowest BCUT2D eigenvalue weighted by atomic mass is 9.84. The third kappa shape index (κ3) is 4.46. The fraction of sp³-hybridized carbons (Fsp3) is 0.933. The van der Waals surface area contributed by atoms with Crippen LogP contribution in [0.1, 0.15) is 38.5 Å². The molecule has 4 nitrogen and oxygen atoms in total. The Kier molecular flexibility index (Phi) is 6.11. The molecule has 0 bridgehead atoms. The maximum absolute atomic E-state index is 12.1. The quantitative estimate of drug-likeness (QED) is 0.787. The highest BCUT2D eigenvalue weighted by Crippen LogP contribution is 2.25. The molecule has 4 heteroatoms. The zero-order valence-electron chi connectivity index (χ0n) is 12.2. The molecule has 2 fully saturated rings. The van der Waals surface area contributed by atoms with Gasteiger partial charge in [0.1, 0.15) is 0 Å². The Hall–Kier alpha value is -0.610. The fourth-order valence-electron chi connectivity index (χ4n) is 3.41. The average molecular weight is 268 g/mol. The van der Waals surface area contributed by atoms with E-state index in [-0.39, 0.29) is 11.9 Å². The molecule has 2 heterocycles. The third-order valence-electron chi connectivity index (χ3n) is 4.61. The number of carbonyl (C=O) groups is 1. The number of nitrogens with zero attached hydrogens (tertiary/aromatic N) is 1. The molecule has 0 aliphatic carbocycles. The molecule has 0 saturated carbocycles. The van der Waals surface area contributed by atoms with Gasteiger partial charge in [-0.1, -0.05) is 12.8 Å². The molecule has 0 aromatic rings. The summed E-state index contributed by atoms with van der Waals surface area (Å²) in [4.78, 5) is 14.6. The molecule has 1 atom stereocenters. The molecule has 2 rings (SSSR count). The highest BCUT2D eigenvalue weighted by atomic mass is 16.5. The Morgan fingerprint density at radius 1 is 1.21 bits per heavy atom. The second-order valence-corrected chi connectivity index (χ2v) is 5.93. The first kappa shape index (κ1) is 14.8. The van der Waals surface area contributed by atoms with Crippen LogP contribution in [0.4, 0.5) is 0 Å². The van der Waals surface area contributed by atoms with Crippen molar-refractivity contribution in [3.63, 3.8) is 0 Å². The van der Waals surface area contributed by atoms with Crippen molar-refractivity contribution in [1.29, 1.82) is 0 Å². The molecule has 0 aromatic heterocycles. The Labute approximate surface area is 116 Å². The van der Waals surface area contributed by atoms with Gasteiger partial charge >= 0.3 is 5.97 Å². The Morgan fingerprint density at radius 3 is 2.42 bits per heavy atom. The standard InChI is InChI=1S/C15H28N2O2/c1-19-15(18)14(13-6-8-16-9-7-13)12-17-10-4-2-3-5-11-17/h13-14,16H,2-12H2,1H3. The van der Waals surface area contributed by atoms with Crippen LogP contribution in [-0.2, 0) is 9.53 Å². The van der Waals surface area contributed by atoms with E-state index in [1.165, 1.54) is 32.8 Å². The normalized spacial score (nSPS) is 24.7. The summed E-state index contributed by atoms with van der Waals surface area (Å²) in [6.45, 7) is 5.28. The molecule has 0 radical (unpaired) electrons. The highest BCUT2D eigenvalue weighted by molar-refractivity contribution is 5.73. The van der Waals surface area contributed by atoms with E-state index in [0.29, 0.717) is 5.92 Å². The topological polar surface area (TPSA) is 41.6 Å². The number of carbonyl (C=O) groups excluding carboxylic acids is 1. The summed E-state index contributed by atoms with van der Waals surface area (Å²) in [5.74, 6) is 0.568. The van der Waals surface area contributed by atoms with E-state index < -0.39 is 0 Å². The van der Waals surface area contributed by atoms with E-state index in [1.807, 2.05) is 0 Å². The fourth-order valence-corrected chi connectivity index (χ4v) is 3.41. The zero-order chi connectivity index (χ0) is 13.5. The maximum Gasteiger partial charge on any atom is 0.310 e. The molecule has 2 aliphatic rings. The van der Waals surface area contributed by atoms with E-state index in [4.69, 9.17) is 4.74 Å². The minimum Gasteiger partial charge on any atom is -0.469 e. The van der Waals surface area contributed by atoms with Crippen LogP contribution in [0.25, 0.3) is 0 Å². The number of likely N-dealkylation sites (tertiary alicyclic amines) is 1. The van der Waals surface area contributed by atoms with Crippen LogP contribution in [-0.4, -0.2) is 50.7 Å². The van der Waals surface area contributed by atoms with Gasteiger partial charge < -0.3 is 15.0 Å². The summed E-state index contributed by atoms with van der Waals surface area (Å²) in [5, 5.41) is 3.37. The van der Waals surface area contributed by atoms with Crippen molar-refractivity contribution in [2.75, 3.05) is 39.8 Å². The van der Waals surface area contributed by atoms with Gasteiger partial charge in [-0.05, 0) is 57.8 Å². The summed E-state index contributed by atoms with van der Waals surface area (Å²) in [5.41, 5.74) is 0. The molecule has 2 saturated heterocycles. The largest absolute Gasteiger partial charge is 0.469 e. The first-order chi connectivity index (χ1) is 9.31. The van der Waals surface area contributed by atoms with Gasteiger partial charge in [0, 0.05) is 6.54 Å². The van der Waals surface area contributed by atoms with Crippen molar-refractivity contribution in [3.05, 3.63) is 0 Å². The maximum atomic E-state index is 12.1. The molecule has 1 unspecified atom stereocenters. The van der Waals surface area contributed by atoms with Gasteiger partial charge in [0.05, 0.1) is 13.0 Å². The van der Waals surface area contributed by atoms with Crippen LogP contribution in [0, 0.1) is 11.8 Å². The van der Waals surface area contributed by atoms with Crippen LogP contribution in [0.2, 0.25) is 0 Å². The predicted molar refractivity (Wildman–Crippen MR) is 76.0 cm³/mol. The average Bonchev–Trinajstić information content (AvgIpc) is 2.73. The van der Waals surface area contributed by atoms with Gasteiger partial charge in [-0.3, -0.25) is 4.79 Å². The lowest BCUT2D eigenvalue weighted by Gasteiger charge is -2.32. The molecular weight excluding hydrogens is 240 g/mol. The van der Waals surface area contributed by atoms with Gasteiger partial charge in [-0.15, -0.1) is 0 Å². The Balaban J connectivity index is 1.93. The van der Waals surface area contributed by atoms with Crippen LogP contribution in [0.5, 0.6) is 0 Å². The monoisotopic (exact) mass is 268 g/mol. The number of hydrogen-bond acceptors (Lipinski definition) is 4. The molecule has 2 aliphatic heterocycles. The molecule has 19 heavy (non-hydrogen) atoms. The number of methoxy groups -OCH3 is 1.